The van der Waals surface area contributed by atoms with Crippen molar-refractivity contribution >= 4 is 25.3 Å². The lowest BCUT2D eigenvalue weighted by Gasteiger charge is -2.14. The number of esters is 1. The highest BCUT2D eigenvalue weighted by molar-refractivity contribution is 7.51. The van der Waals surface area contributed by atoms with Crippen molar-refractivity contribution in [3.05, 3.63) is 29.3 Å². The molecular formula is C10H13ClNO5P. The molecule has 0 bridgehead atoms. The van der Waals surface area contributed by atoms with E-state index in [9.17, 15) is 14.3 Å². The molecule has 1 unspecified atom stereocenters. The molecule has 0 saturated heterocycles. The fourth-order valence-electron chi connectivity index (χ4n) is 1.06. The van der Waals surface area contributed by atoms with Gasteiger partial charge < -0.3 is 14.2 Å². The Morgan fingerprint density at radius 3 is 2.78 bits per heavy atom. The lowest BCUT2D eigenvalue weighted by molar-refractivity contribution is -0.141. The molecule has 1 atom stereocenters. The summed E-state index contributed by atoms with van der Waals surface area (Å²) in [7, 11) is -4.15. The highest BCUT2D eigenvalue weighted by Crippen LogP contribution is 2.40. The normalized spacial score (nSPS) is 13.7. The minimum absolute atomic E-state index is 0.0568. The largest absolute Gasteiger partial charge is 0.465 e. The zero-order chi connectivity index (χ0) is 13.6. The summed E-state index contributed by atoms with van der Waals surface area (Å²) in [5.74, 6) is -0.587. The van der Waals surface area contributed by atoms with Gasteiger partial charge in [0.2, 0.25) is 0 Å². The van der Waals surface area contributed by atoms with Crippen LogP contribution in [0.2, 0.25) is 5.02 Å². The summed E-state index contributed by atoms with van der Waals surface area (Å²) < 4.78 is 21.0. The minimum Gasteiger partial charge on any atom is -0.465 e. The highest BCUT2D eigenvalue weighted by atomic mass is 35.5. The molecule has 0 aliphatic rings. The van der Waals surface area contributed by atoms with Gasteiger partial charge in [-0.05, 0) is 19.1 Å². The van der Waals surface area contributed by atoms with Gasteiger partial charge >= 0.3 is 13.7 Å². The summed E-state index contributed by atoms with van der Waals surface area (Å²) in [5.41, 5.74) is 0. The van der Waals surface area contributed by atoms with Crippen LogP contribution in [0.5, 0.6) is 5.75 Å². The smallest absolute Gasteiger partial charge is 0.456 e. The van der Waals surface area contributed by atoms with Gasteiger partial charge in [-0.25, -0.2) is 9.65 Å². The SMILES string of the molecule is CCOC(=O)CNP(=O)(O)Oc1ccccc1Cl. The predicted molar refractivity (Wildman–Crippen MR) is 66.5 cm³/mol. The van der Waals surface area contributed by atoms with Gasteiger partial charge in [0.1, 0.15) is 12.3 Å². The third-order valence-corrected chi connectivity index (χ3v) is 3.10. The van der Waals surface area contributed by atoms with Gasteiger partial charge in [-0.1, -0.05) is 23.7 Å². The Bertz CT molecular complexity index is 467. The first-order chi connectivity index (χ1) is 8.44. The monoisotopic (exact) mass is 293 g/mol. The van der Waals surface area contributed by atoms with Crippen LogP contribution in [0.25, 0.3) is 0 Å². The van der Waals surface area contributed by atoms with Crippen molar-refractivity contribution in [1.82, 2.24) is 5.09 Å². The van der Waals surface area contributed by atoms with Crippen molar-refractivity contribution in [3.63, 3.8) is 0 Å². The van der Waals surface area contributed by atoms with Crippen LogP contribution in [0.4, 0.5) is 0 Å². The number of hydrogen-bond acceptors (Lipinski definition) is 4. The number of carbonyl (C=O) groups is 1. The Balaban J connectivity index is 2.57. The molecule has 0 spiro atoms. The molecule has 1 rings (SSSR count). The molecule has 1 aromatic rings. The maximum Gasteiger partial charge on any atom is 0.456 e. The van der Waals surface area contributed by atoms with Crippen LogP contribution in [-0.2, 0) is 14.1 Å². The van der Waals surface area contributed by atoms with Crippen LogP contribution in [0.3, 0.4) is 0 Å². The second kappa shape index (κ2) is 6.75. The van der Waals surface area contributed by atoms with Crippen molar-refractivity contribution in [1.29, 1.82) is 0 Å². The van der Waals surface area contributed by atoms with Gasteiger partial charge in [0.25, 0.3) is 0 Å². The standard InChI is InChI=1S/C10H13ClNO5P/c1-2-16-10(13)7-12-18(14,15)17-9-6-4-3-5-8(9)11/h3-6H,2,7H2,1H3,(H2,12,14,15). The topological polar surface area (TPSA) is 84.9 Å². The molecular weight excluding hydrogens is 281 g/mol. The van der Waals surface area contributed by atoms with Crippen molar-refractivity contribution in [2.24, 2.45) is 0 Å². The average molecular weight is 294 g/mol. The van der Waals surface area contributed by atoms with E-state index in [0.717, 1.165) is 0 Å². The fraction of sp³-hybridized carbons (Fsp3) is 0.300. The molecule has 0 amide bonds. The third-order valence-electron chi connectivity index (χ3n) is 1.79. The Labute approximate surface area is 109 Å². The van der Waals surface area contributed by atoms with Gasteiger partial charge in [0, 0.05) is 0 Å². The van der Waals surface area contributed by atoms with Gasteiger partial charge in [0.05, 0.1) is 11.6 Å². The molecule has 8 heteroatoms. The average Bonchev–Trinajstić information content (AvgIpc) is 2.30. The summed E-state index contributed by atoms with van der Waals surface area (Å²) in [6.07, 6.45) is 0. The number of rotatable bonds is 6. The van der Waals surface area contributed by atoms with Crippen molar-refractivity contribution in [2.75, 3.05) is 13.2 Å². The maximum atomic E-state index is 11.6. The van der Waals surface area contributed by atoms with Crippen LogP contribution in [0.1, 0.15) is 6.92 Å². The highest BCUT2D eigenvalue weighted by Gasteiger charge is 2.23. The Morgan fingerprint density at radius 1 is 1.50 bits per heavy atom. The van der Waals surface area contributed by atoms with Gasteiger partial charge in [-0.2, -0.15) is 0 Å². The van der Waals surface area contributed by atoms with E-state index < -0.39 is 20.3 Å². The first kappa shape index (κ1) is 15.0. The molecule has 0 aliphatic heterocycles. The van der Waals surface area contributed by atoms with E-state index >= 15 is 0 Å². The van der Waals surface area contributed by atoms with E-state index in [-0.39, 0.29) is 17.4 Å². The number of ether oxygens (including phenoxy) is 1. The van der Waals surface area contributed by atoms with E-state index in [0.29, 0.717) is 0 Å². The Hall–Kier alpha value is -1.07. The van der Waals surface area contributed by atoms with E-state index in [4.69, 9.17) is 16.1 Å². The van der Waals surface area contributed by atoms with E-state index in [1.807, 2.05) is 0 Å². The Kier molecular flexibility index (Phi) is 5.62. The number of nitrogens with one attached hydrogen (secondary N) is 1. The van der Waals surface area contributed by atoms with E-state index in [1.54, 1.807) is 19.1 Å². The summed E-state index contributed by atoms with van der Waals surface area (Å²) in [6.45, 7) is 1.41. The lowest BCUT2D eigenvalue weighted by atomic mass is 10.3. The fourth-order valence-corrected chi connectivity index (χ4v) is 2.11. The molecule has 0 radical (unpaired) electrons. The molecule has 1 aromatic carbocycles. The lowest BCUT2D eigenvalue weighted by Crippen LogP contribution is -2.24. The van der Waals surface area contributed by atoms with Crippen molar-refractivity contribution in [3.8, 4) is 5.75 Å². The van der Waals surface area contributed by atoms with Crippen LogP contribution < -0.4 is 9.61 Å². The van der Waals surface area contributed by atoms with Gasteiger partial charge in [-0.15, -0.1) is 0 Å². The molecule has 100 valence electrons. The number of para-hydroxylation sites is 1. The van der Waals surface area contributed by atoms with Gasteiger partial charge in [0.15, 0.2) is 0 Å². The number of hydrogen-bond donors (Lipinski definition) is 2. The second-order valence-electron chi connectivity index (χ2n) is 3.18. The Morgan fingerprint density at radius 2 is 2.17 bits per heavy atom. The molecule has 0 heterocycles. The zero-order valence-electron chi connectivity index (χ0n) is 9.63. The molecule has 0 aliphatic carbocycles. The van der Waals surface area contributed by atoms with Crippen LogP contribution in [-0.4, -0.2) is 24.0 Å². The summed E-state index contributed by atoms with van der Waals surface area (Å²) in [5, 5.41) is 2.27. The third kappa shape index (κ3) is 5.06. The van der Waals surface area contributed by atoms with E-state index in [1.165, 1.54) is 12.1 Å². The zero-order valence-corrected chi connectivity index (χ0v) is 11.3. The molecule has 0 saturated carbocycles. The summed E-state index contributed by atoms with van der Waals surface area (Å²) in [6, 6.07) is 6.22. The molecule has 2 N–H and O–H groups in total. The number of halogens is 1. The first-order valence-electron chi connectivity index (χ1n) is 5.12. The predicted octanol–water partition coefficient (Wildman–Crippen LogP) is 1.97. The quantitative estimate of drug-likeness (QED) is 0.616. The summed E-state index contributed by atoms with van der Waals surface area (Å²) >= 11 is 5.77. The van der Waals surface area contributed by atoms with Crippen molar-refractivity contribution < 1.29 is 23.5 Å². The van der Waals surface area contributed by atoms with Gasteiger partial charge in [-0.3, -0.25) is 4.79 Å². The van der Waals surface area contributed by atoms with Crippen molar-refractivity contribution in [2.45, 2.75) is 6.92 Å². The first-order valence-corrected chi connectivity index (χ1v) is 7.08. The second-order valence-corrected chi connectivity index (χ2v) is 5.13. The van der Waals surface area contributed by atoms with Crippen LogP contribution in [0, 0.1) is 0 Å². The molecule has 0 fully saturated rings. The van der Waals surface area contributed by atoms with E-state index in [2.05, 4.69) is 9.82 Å². The van der Waals surface area contributed by atoms with Crippen LogP contribution >= 0.6 is 19.3 Å². The van der Waals surface area contributed by atoms with Crippen LogP contribution in [0.15, 0.2) is 24.3 Å². The molecule has 18 heavy (non-hydrogen) atoms. The minimum atomic E-state index is -4.15. The maximum absolute atomic E-state index is 11.6. The number of carbonyl (C=O) groups excluding carboxylic acids is 1. The molecule has 6 nitrogen and oxygen atoms in total. The number of benzene rings is 1. The summed E-state index contributed by atoms with van der Waals surface area (Å²) in [4.78, 5) is 20.5. The molecule has 0 aromatic heterocycles.